The van der Waals surface area contributed by atoms with Crippen molar-refractivity contribution in [3.63, 3.8) is 0 Å². The first-order chi connectivity index (χ1) is 8.25. The van der Waals surface area contributed by atoms with E-state index in [1.807, 2.05) is 18.2 Å². The minimum atomic E-state index is -0.143. The highest BCUT2D eigenvalue weighted by molar-refractivity contribution is 9.10. The van der Waals surface area contributed by atoms with Gasteiger partial charge in [0.05, 0.1) is 6.54 Å². The van der Waals surface area contributed by atoms with Gasteiger partial charge in [0.25, 0.3) is 0 Å². The Balaban J connectivity index is 1.75. The van der Waals surface area contributed by atoms with E-state index in [1.54, 1.807) is 12.1 Å². The summed E-state index contributed by atoms with van der Waals surface area (Å²) in [5.41, 5.74) is 0.737. The van der Waals surface area contributed by atoms with E-state index in [-0.39, 0.29) is 5.82 Å². The van der Waals surface area contributed by atoms with Gasteiger partial charge in [-0.2, -0.15) is 0 Å². The van der Waals surface area contributed by atoms with Crippen LogP contribution in [-0.2, 0) is 13.0 Å². The van der Waals surface area contributed by atoms with Crippen molar-refractivity contribution < 1.29 is 8.81 Å². The van der Waals surface area contributed by atoms with E-state index in [0.717, 1.165) is 22.5 Å². The number of nitrogens with one attached hydrogen (secondary N) is 1. The third kappa shape index (κ3) is 3.68. The van der Waals surface area contributed by atoms with Crippen LogP contribution in [0, 0.1) is 5.82 Å². The molecular formula is C13H13BrFNO. The van der Waals surface area contributed by atoms with Gasteiger partial charge in [-0.1, -0.05) is 18.2 Å². The molecule has 0 bridgehead atoms. The molecule has 2 rings (SSSR count). The second-order valence-corrected chi connectivity index (χ2v) is 4.51. The lowest BCUT2D eigenvalue weighted by Crippen LogP contribution is -2.16. The maximum absolute atomic E-state index is 13.3. The minimum Gasteiger partial charge on any atom is -0.453 e. The molecule has 2 nitrogen and oxygen atoms in total. The number of rotatable bonds is 5. The molecule has 0 unspecified atom stereocenters. The average molecular weight is 298 g/mol. The molecule has 4 heteroatoms. The van der Waals surface area contributed by atoms with Crippen molar-refractivity contribution in [2.45, 2.75) is 13.0 Å². The summed E-state index contributed by atoms with van der Waals surface area (Å²) < 4.78 is 19.4. The highest BCUT2D eigenvalue weighted by Crippen LogP contribution is 2.13. The summed E-state index contributed by atoms with van der Waals surface area (Å²) in [6.45, 7) is 1.37. The van der Waals surface area contributed by atoms with E-state index in [2.05, 4.69) is 21.2 Å². The summed E-state index contributed by atoms with van der Waals surface area (Å²) in [5, 5.41) is 3.21. The van der Waals surface area contributed by atoms with Gasteiger partial charge in [-0.3, -0.25) is 0 Å². The number of benzene rings is 1. The van der Waals surface area contributed by atoms with E-state index >= 15 is 0 Å². The highest BCUT2D eigenvalue weighted by atomic mass is 79.9. The molecule has 0 spiro atoms. The Hall–Kier alpha value is -1.13. The lowest BCUT2D eigenvalue weighted by Gasteiger charge is -2.04. The van der Waals surface area contributed by atoms with Gasteiger partial charge in [-0.25, -0.2) is 4.39 Å². The number of hydrogen-bond acceptors (Lipinski definition) is 2. The Bertz CT molecular complexity index is 484. The minimum absolute atomic E-state index is 0.143. The fraction of sp³-hybridized carbons (Fsp3) is 0.231. The normalized spacial score (nSPS) is 10.7. The lowest BCUT2D eigenvalue weighted by atomic mass is 10.1. The quantitative estimate of drug-likeness (QED) is 0.855. The molecule has 0 atom stereocenters. The molecule has 1 N–H and O–H groups in total. The third-order valence-corrected chi connectivity index (χ3v) is 2.88. The Labute approximate surface area is 108 Å². The fourth-order valence-corrected chi connectivity index (χ4v) is 1.92. The molecule has 0 saturated carbocycles. The molecule has 17 heavy (non-hydrogen) atoms. The topological polar surface area (TPSA) is 25.2 Å². The zero-order valence-electron chi connectivity index (χ0n) is 9.25. The van der Waals surface area contributed by atoms with Crippen LogP contribution in [0.15, 0.2) is 45.5 Å². The first-order valence-corrected chi connectivity index (χ1v) is 6.23. The molecular weight excluding hydrogens is 285 g/mol. The molecule has 1 heterocycles. The molecule has 0 radical (unpaired) electrons. The fourth-order valence-electron chi connectivity index (χ4n) is 1.58. The largest absolute Gasteiger partial charge is 0.453 e. The average Bonchev–Trinajstić information content (AvgIpc) is 2.73. The van der Waals surface area contributed by atoms with Crippen molar-refractivity contribution >= 4 is 15.9 Å². The summed E-state index contributed by atoms with van der Waals surface area (Å²) >= 11 is 3.24. The molecule has 0 amide bonds. The van der Waals surface area contributed by atoms with Gasteiger partial charge in [-0.15, -0.1) is 0 Å². The molecule has 90 valence electrons. The number of hydrogen-bond donors (Lipinski definition) is 1. The molecule has 1 aromatic carbocycles. The third-order valence-electron chi connectivity index (χ3n) is 2.46. The van der Waals surface area contributed by atoms with Gasteiger partial charge < -0.3 is 9.73 Å². The summed E-state index contributed by atoms with van der Waals surface area (Å²) in [5.74, 6) is 0.723. The Morgan fingerprint density at radius 1 is 1.18 bits per heavy atom. The molecule has 1 aromatic heterocycles. The van der Waals surface area contributed by atoms with Crippen LogP contribution in [0.1, 0.15) is 11.3 Å². The van der Waals surface area contributed by atoms with Gasteiger partial charge in [0.15, 0.2) is 4.67 Å². The lowest BCUT2D eigenvalue weighted by molar-refractivity contribution is 0.465. The van der Waals surface area contributed by atoms with E-state index in [9.17, 15) is 4.39 Å². The van der Waals surface area contributed by atoms with Crippen molar-refractivity contribution in [1.82, 2.24) is 5.32 Å². The summed E-state index contributed by atoms with van der Waals surface area (Å²) in [6, 6.07) is 10.6. The predicted molar refractivity (Wildman–Crippen MR) is 68.2 cm³/mol. The molecule has 2 aromatic rings. The standard InChI is InChI=1S/C13H13BrFNO/c14-13-6-5-11(17-13)9-16-8-7-10-3-1-2-4-12(10)15/h1-6,16H,7-9H2. The van der Waals surface area contributed by atoms with Crippen LogP contribution in [0.5, 0.6) is 0 Å². The molecule has 0 aliphatic heterocycles. The van der Waals surface area contributed by atoms with Gasteiger partial charge in [0.1, 0.15) is 11.6 Å². The van der Waals surface area contributed by atoms with Crippen molar-refractivity contribution in [2.24, 2.45) is 0 Å². The van der Waals surface area contributed by atoms with Crippen LogP contribution >= 0.6 is 15.9 Å². The van der Waals surface area contributed by atoms with Crippen LogP contribution < -0.4 is 5.32 Å². The zero-order chi connectivity index (χ0) is 12.1. The second kappa shape index (κ2) is 5.98. The van der Waals surface area contributed by atoms with E-state index in [0.29, 0.717) is 13.0 Å². The summed E-state index contributed by atoms with van der Waals surface area (Å²) in [4.78, 5) is 0. The predicted octanol–water partition coefficient (Wildman–Crippen LogP) is 3.51. The number of furan rings is 1. The van der Waals surface area contributed by atoms with Crippen LogP contribution in [0.3, 0.4) is 0 Å². The maximum atomic E-state index is 13.3. The smallest absolute Gasteiger partial charge is 0.169 e. The van der Waals surface area contributed by atoms with Gasteiger partial charge in [-0.05, 0) is 52.7 Å². The zero-order valence-corrected chi connectivity index (χ0v) is 10.8. The molecule has 0 aliphatic rings. The SMILES string of the molecule is Fc1ccccc1CCNCc1ccc(Br)o1. The van der Waals surface area contributed by atoms with Gasteiger partial charge in [0.2, 0.25) is 0 Å². The van der Waals surface area contributed by atoms with Crippen molar-refractivity contribution in [3.8, 4) is 0 Å². The van der Waals surface area contributed by atoms with Gasteiger partial charge >= 0.3 is 0 Å². The van der Waals surface area contributed by atoms with Crippen LogP contribution in [0.25, 0.3) is 0 Å². The number of halogens is 2. The highest BCUT2D eigenvalue weighted by Gasteiger charge is 2.01. The molecule has 0 fully saturated rings. The van der Waals surface area contributed by atoms with Crippen molar-refractivity contribution in [1.29, 1.82) is 0 Å². The van der Waals surface area contributed by atoms with Crippen LogP contribution in [0.2, 0.25) is 0 Å². The van der Waals surface area contributed by atoms with Crippen molar-refractivity contribution in [3.05, 3.63) is 58.2 Å². The maximum Gasteiger partial charge on any atom is 0.169 e. The Morgan fingerprint density at radius 2 is 2.00 bits per heavy atom. The molecule has 0 aliphatic carbocycles. The first kappa shape index (κ1) is 12.3. The Kier molecular flexibility index (Phi) is 4.34. The monoisotopic (exact) mass is 297 g/mol. The second-order valence-electron chi connectivity index (χ2n) is 3.72. The van der Waals surface area contributed by atoms with Crippen LogP contribution in [0.4, 0.5) is 4.39 Å². The van der Waals surface area contributed by atoms with Gasteiger partial charge in [0, 0.05) is 0 Å². The summed E-state index contributed by atoms with van der Waals surface area (Å²) in [7, 11) is 0. The summed E-state index contributed by atoms with van der Waals surface area (Å²) in [6.07, 6.45) is 0.675. The molecule has 0 saturated heterocycles. The van der Waals surface area contributed by atoms with E-state index in [1.165, 1.54) is 6.07 Å². The van der Waals surface area contributed by atoms with E-state index < -0.39 is 0 Å². The first-order valence-electron chi connectivity index (χ1n) is 5.44. The Morgan fingerprint density at radius 3 is 2.71 bits per heavy atom. The van der Waals surface area contributed by atoms with Crippen LogP contribution in [-0.4, -0.2) is 6.54 Å². The van der Waals surface area contributed by atoms with Crippen molar-refractivity contribution in [2.75, 3.05) is 6.54 Å². The van der Waals surface area contributed by atoms with E-state index in [4.69, 9.17) is 4.42 Å².